The van der Waals surface area contributed by atoms with Crippen molar-refractivity contribution in [1.82, 2.24) is 10.1 Å². The molecule has 1 aliphatic rings. The molecule has 0 bridgehead atoms. The van der Waals surface area contributed by atoms with Crippen LogP contribution in [0.25, 0.3) is 11.5 Å². The number of rotatable bonds is 3. The molecule has 1 aromatic carbocycles. The molecule has 1 fully saturated rings. The van der Waals surface area contributed by atoms with Crippen molar-refractivity contribution in [2.45, 2.75) is 25.4 Å². The van der Waals surface area contributed by atoms with E-state index in [4.69, 9.17) is 10.3 Å². The smallest absolute Gasteiger partial charge is 0.398 e. The molecule has 0 spiro atoms. The summed E-state index contributed by atoms with van der Waals surface area (Å²) in [6, 6.07) is 3.06. The Labute approximate surface area is 112 Å². The SMILES string of the molecule is Nc1ccc(C(F)(F)F)cc1-c1nc(CC2CC2)no1. The van der Waals surface area contributed by atoms with Crippen LogP contribution in [-0.4, -0.2) is 10.1 Å². The zero-order valence-electron chi connectivity index (χ0n) is 10.4. The first-order chi connectivity index (χ1) is 9.43. The van der Waals surface area contributed by atoms with Crippen LogP contribution >= 0.6 is 0 Å². The van der Waals surface area contributed by atoms with Crippen LogP contribution in [0.2, 0.25) is 0 Å². The van der Waals surface area contributed by atoms with Gasteiger partial charge in [0.25, 0.3) is 5.89 Å². The lowest BCUT2D eigenvalue weighted by molar-refractivity contribution is -0.137. The number of benzene rings is 1. The number of alkyl halides is 3. The fourth-order valence-electron chi connectivity index (χ4n) is 1.94. The highest BCUT2D eigenvalue weighted by atomic mass is 19.4. The van der Waals surface area contributed by atoms with Crippen molar-refractivity contribution in [3.63, 3.8) is 0 Å². The standard InChI is InChI=1S/C13H12F3N3O/c14-13(15,16)8-3-4-10(17)9(6-8)12-18-11(19-20-12)5-7-1-2-7/h3-4,6-7H,1-2,5,17H2. The Bertz CT molecular complexity index is 632. The molecule has 0 atom stereocenters. The molecule has 20 heavy (non-hydrogen) atoms. The first-order valence-corrected chi connectivity index (χ1v) is 6.23. The molecule has 4 nitrogen and oxygen atoms in total. The van der Waals surface area contributed by atoms with Crippen LogP contribution in [0.15, 0.2) is 22.7 Å². The summed E-state index contributed by atoms with van der Waals surface area (Å²) in [5.41, 5.74) is 5.20. The van der Waals surface area contributed by atoms with Crippen molar-refractivity contribution in [3.8, 4) is 11.5 Å². The molecule has 0 unspecified atom stereocenters. The van der Waals surface area contributed by atoms with E-state index in [1.54, 1.807) is 0 Å². The maximum Gasteiger partial charge on any atom is 0.416 e. The Morgan fingerprint density at radius 2 is 2.05 bits per heavy atom. The number of hydrogen-bond donors (Lipinski definition) is 1. The molecule has 1 saturated carbocycles. The molecule has 0 radical (unpaired) electrons. The maximum atomic E-state index is 12.7. The summed E-state index contributed by atoms with van der Waals surface area (Å²) >= 11 is 0. The second kappa shape index (κ2) is 4.50. The molecule has 2 N–H and O–H groups in total. The van der Waals surface area contributed by atoms with Gasteiger partial charge in [0.15, 0.2) is 5.82 Å². The van der Waals surface area contributed by atoms with Crippen LogP contribution in [-0.2, 0) is 12.6 Å². The molecular weight excluding hydrogens is 271 g/mol. The van der Waals surface area contributed by atoms with Crippen molar-refractivity contribution >= 4 is 5.69 Å². The summed E-state index contributed by atoms with van der Waals surface area (Å²) in [6.45, 7) is 0. The lowest BCUT2D eigenvalue weighted by Gasteiger charge is -2.08. The van der Waals surface area contributed by atoms with Crippen LogP contribution in [0.1, 0.15) is 24.2 Å². The Kier molecular flexibility index (Phi) is 2.92. The van der Waals surface area contributed by atoms with Gasteiger partial charge in [0.2, 0.25) is 0 Å². The number of nitrogens with two attached hydrogens (primary N) is 1. The average molecular weight is 283 g/mol. The summed E-state index contributed by atoms with van der Waals surface area (Å²) in [5.74, 6) is 1.11. The van der Waals surface area contributed by atoms with Gasteiger partial charge in [0, 0.05) is 12.1 Å². The Balaban J connectivity index is 1.93. The van der Waals surface area contributed by atoms with Gasteiger partial charge in [-0.3, -0.25) is 0 Å². The van der Waals surface area contributed by atoms with Gasteiger partial charge in [0.1, 0.15) is 0 Å². The van der Waals surface area contributed by atoms with Crippen LogP contribution in [0.5, 0.6) is 0 Å². The number of hydrogen-bond acceptors (Lipinski definition) is 4. The first kappa shape index (κ1) is 13.0. The van der Waals surface area contributed by atoms with Crippen molar-refractivity contribution in [2.75, 3.05) is 5.73 Å². The topological polar surface area (TPSA) is 64.9 Å². The molecule has 1 heterocycles. The van der Waals surface area contributed by atoms with E-state index in [-0.39, 0.29) is 17.1 Å². The molecule has 3 rings (SSSR count). The highest BCUT2D eigenvalue weighted by molar-refractivity contribution is 5.71. The molecule has 7 heteroatoms. The molecule has 1 aliphatic carbocycles. The van der Waals surface area contributed by atoms with E-state index < -0.39 is 11.7 Å². The van der Waals surface area contributed by atoms with Crippen molar-refractivity contribution in [3.05, 3.63) is 29.6 Å². The molecule has 2 aromatic rings. The minimum absolute atomic E-state index is 0.0317. The molecular formula is C13H12F3N3O. The first-order valence-electron chi connectivity index (χ1n) is 6.23. The average Bonchev–Trinajstić information content (AvgIpc) is 3.05. The van der Waals surface area contributed by atoms with E-state index in [1.807, 2.05) is 0 Å². The number of halogens is 3. The summed E-state index contributed by atoms with van der Waals surface area (Å²) in [5, 5.41) is 3.78. The predicted molar refractivity (Wildman–Crippen MR) is 65.6 cm³/mol. The quantitative estimate of drug-likeness (QED) is 0.878. The molecule has 0 amide bonds. The van der Waals surface area contributed by atoms with Gasteiger partial charge in [-0.1, -0.05) is 5.16 Å². The van der Waals surface area contributed by atoms with E-state index in [2.05, 4.69) is 10.1 Å². The summed E-state index contributed by atoms with van der Waals surface area (Å²) < 4.78 is 43.1. The number of nitrogen functional groups attached to an aromatic ring is 1. The summed E-state index contributed by atoms with van der Waals surface area (Å²) in [7, 11) is 0. The Morgan fingerprint density at radius 1 is 1.30 bits per heavy atom. The normalized spacial score (nSPS) is 15.6. The highest BCUT2D eigenvalue weighted by Crippen LogP contribution is 2.35. The minimum atomic E-state index is -4.43. The number of nitrogens with zero attached hydrogens (tertiary/aromatic N) is 2. The van der Waals surface area contributed by atoms with E-state index in [0.29, 0.717) is 18.2 Å². The van der Waals surface area contributed by atoms with Gasteiger partial charge in [0.05, 0.1) is 11.1 Å². The molecule has 0 saturated heterocycles. The highest BCUT2D eigenvalue weighted by Gasteiger charge is 2.31. The third-order valence-electron chi connectivity index (χ3n) is 3.25. The number of aromatic nitrogens is 2. The zero-order chi connectivity index (χ0) is 14.3. The van der Waals surface area contributed by atoms with Crippen LogP contribution in [0, 0.1) is 5.92 Å². The van der Waals surface area contributed by atoms with Gasteiger partial charge < -0.3 is 10.3 Å². The van der Waals surface area contributed by atoms with E-state index in [0.717, 1.165) is 25.0 Å². The van der Waals surface area contributed by atoms with E-state index >= 15 is 0 Å². The van der Waals surface area contributed by atoms with E-state index in [9.17, 15) is 13.2 Å². The summed E-state index contributed by atoms with van der Waals surface area (Å²) in [6.07, 6.45) is -1.47. The van der Waals surface area contributed by atoms with Gasteiger partial charge in [-0.05, 0) is 37.0 Å². The van der Waals surface area contributed by atoms with Crippen LogP contribution in [0.3, 0.4) is 0 Å². The van der Waals surface area contributed by atoms with Gasteiger partial charge in [-0.15, -0.1) is 0 Å². The van der Waals surface area contributed by atoms with Crippen LogP contribution < -0.4 is 5.73 Å². The van der Waals surface area contributed by atoms with Crippen molar-refractivity contribution in [2.24, 2.45) is 5.92 Å². The lowest BCUT2D eigenvalue weighted by atomic mass is 10.1. The lowest BCUT2D eigenvalue weighted by Crippen LogP contribution is -2.05. The molecule has 106 valence electrons. The third kappa shape index (κ3) is 2.61. The fourth-order valence-corrected chi connectivity index (χ4v) is 1.94. The molecule has 1 aromatic heterocycles. The zero-order valence-corrected chi connectivity index (χ0v) is 10.4. The monoisotopic (exact) mass is 283 g/mol. The van der Waals surface area contributed by atoms with Crippen molar-refractivity contribution < 1.29 is 17.7 Å². The summed E-state index contributed by atoms with van der Waals surface area (Å²) in [4.78, 5) is 4.12. The largest absolute Gasteiger partial charge is 0.416 e. The Morgan fingerprint density at radius 3 is 2.70 bits per heavy atom. The van der Waals surface area contributed by atoms with Gasteiger partial charge in [-0.25, -0.2) is 0 Å². The number of anilines is 1. The van der Waals surface area contributed by atoms with Gasteiger partial charge in [-0.2, -0.15) is 18.2 Å². The Hall–Kier alpha value is -2.05. The van der Waals surface area contributed by atoms with E-state index in [1.165, 1.54) is 6.07 Å². The van der Waals surface area contributed by atoms with Crippen LogP contribution in [0.4, 0.5) is 18.9 Å². The maximum absolute atomic E-state index is 12.7. The fraction of sp³-hybridized carbons (Fsp3) is 0.385. The van der Waals surface area contributed by atoms with Gasteiger partial charge >= 0.3 is 6.18 Å². The molecule has 0 aliphatic heterocycles. The second-order valence-electron chi connectivity index (χ2n) is 4.96. The third-order valence-corrected chi connectivity index (χ3v) is 3.25. The second-order valence-corrected chi connectivity index (χ2v) is 4.96. The minimum Gasteiger partial charge on any atom is -0.398 e. The predicted octanol–water partition coefficient (Wildman–Crippen LogP) is 3.29. The van der Waals surface area contributed by atoms with Crippen molar-refractivity contribution in [1.29, 1.82) is 0 Å².